The minimum atomic E-state index is -0.781. The van der Waals surface area contributed by atoms with Crippen molar-refractivity contribution in [2.45, 2.75) is 38.8 Å². The van der Waals surface area contributed by atoms with Crippen molar-refractivity contribution in [3.05, 3.63) is 33.9 Å². The molecule has 0 aliphatic heterocycles. The summed E-state index contributed by atoms with van der Waals surface area (Å²) in [6.07, 6.45) is 1.24. The summed E-state index contributed by atoms with van der Waals surface area (Å²) in [7, 11) is 0. The van der Waals surface area contributed by atoms with Crippen molar-refractivity contribution in [2.75, 3.05) is 6.54 Å². The van der Waals surface area contributed by atoms with E-state index in [0.29, 0.717) is 24.9 Å². The van der Waals surface area contributed by atoms with E-state index in [0.717, 1.165) is 0 Å². The summed E-state index contributed by atoms with van der Waals surface area (Å²) in [5.74, 6) is 0.00892. The fourth-order valence-corrected chi connectivity index (χ4v) is 1.76. The van der Waals surface area contributed by atoms with Crippen LogP contribution < -0.4 is 5.32 Å². The average Bonchev–Trinajstić information content (AvgIpc) is 2.40. The molecule has 19 heavy (non-hydrogen) atoms. The Balaban J connectivity index is 2.67. The van der Waals surface area contributed by atoms with Crippen LogP contribution in [0.2, 0.25) is 0 Å². The van der Waals surface area contributed by atoms with Crippen molar-refractivity contribution in [3.8, 4) is 5.75 Å². The van der Waals surface area contributed by atoms with Crippen LogP contribution in [0, 0.1) is 10.1 Å². The summed E-state index contributed by atoms with van der Waals surface area (Å²) in [6, 6.07) is 3.90. The largest absolute Gasteiger partial charge is 0.508 e. The zero-order valence-electron chi connectivity index (χ0n) is 11.2. The SMILES string of the molecule is CCC(O)(CC)CNCc1cc([N+](=O)[O-])ccc1O. The molecule has 0 unspecified atom stereocenters. The lowest BCUT2D eigenvalue weighted by Gasteiger charge is -2.25. The molecule has 0 spiro atoms. The monoisotopic (exact) mass is 268 g/mol. The maximum atomic E-state index is 10.7. The van der Waals surface area contributed by atoms with Crippen LogP contribution in [-0.4, -0.2) is 27.3 Å². The molecular weight excluding hydrogens is 248 g/mol. The van der Waals surface area contributed by atoms with Crippen LogP contribution in [-0.2, 0) is 6.54 Å². The van der Waals surface area contributed by atoms with E-state index in [1.54, 1.807) is 0 Å². The molecule has 1 aromatic carbocycles. The van der Waals surface area contributed by atoms with E-state index in [-0.39, 0.29) is 18.0 Å². The van der Waals surface area contributed by atoms with Gasteiger partial charge in [0.15, 0.2) is 0 Å². The standard InChI is InChI=1S/C13H20N2O4/c1-3-13(17,4-2)9-14-8-10-7-11(15(18)19)5-6-12(10)16/h5-7,14,16-17H,3-4,8-9H2,1-2H3. The van der Waals surface area contributed by atoms with Crippen LogP contribution in [0.25, 0.3) is 0 Å². The van der Waals surface area contributed by atoms with Crippen LogP contribution in [0.1, 0.15) is 32.3 Å². The molecule has 0 aliphatic carbocycles. The van der Waals surface area contributed by atoms with Crippen LogP contribution >= 0.6 is 0 Å². The van der Waals surface area contributed by atoms with Crippen LogP contribution in [0.5, 0.6) is 5.75 Å². The van der Waals surface area contributed by atoms with Crippen LogP contribution in [0.15, 0.2) is 18.2 Å². The number of phenols is 1. The fraction of sp³-hybridized carbons (Fsp3) is 0.538. The number of nitrogens with zero attached hydrogens (tertiary/aromatic N) is 1. The number of aliphatic hydroxyl groups is 1. The van der Waals surface area contributed by atoms with Gasteiger partial charge in [0.2, 0.25) is 0 Å². The Kier molecular flexibility index (Phi) is 5.26. The molecule has 0 aromatic heterocycles. The first-order chi connectivity index (χ1) is 8.91. The maximum absolute atomic E-state index is 10.7. The van der Waals surface area contributed by atoms with Gasteiger partial charge in [-0.1, -0.05) is 13.8 Å². The van der Waals surface area contributed by atoms with Crippen LogP contribution in [0.4, 0.5) is 5.69 Å². The van der Waals surface area contributed by atoms with Gasteiger partial charge in [-0.05, 0) is 18.9 Å². The minimum Gasteiger partial charge on any atom is -0.508 e. The molecule has 1 rings (SSSR count). The van der Waals surface area contributed by atoms with Gasteiger partial charge in [0.25, 0.3) is 5.69 Å². The molecule has 6 heteroatoms. The van der Waals surface area contributed by atoms with Gasteiger partial charge in [0.05, 0.1) is 10.5 Å². The zero-order chi connectivity index (χ0) is 14.5. The fourth-order valence-electron chi connectivity index (χ4n) is 1.76. The van der Waals surface area contributed by atoms with E-state index in [1.807, 2.05) is 13.8 Å². The normalized spacial score (nSPS) is 11.5. The Morgan fingerprint density at radius 1 is 1.37 bits per heavy atom. The molecular formula is C13H20N2O4. The van der Waals surface area contributed by atoms with E-state index in [1.165, 1.54) is 18.2 Å². The Morgan fingerprint density at radius 2 is 2.00 bits per heavy atom. The number of nitrogens with one attached hydrogen (secondary N) is 1. The predicted molar refractivity (Wildman–Crippen MR) is 72.0 cm³/mol. The van der Waals surface area contributed by atoms with Crippen LogP contribution in [0.3, 0.4) is 0 Å². The van der Waals surface area contributed by atoms with Crippen molar-refractivity contribution < 1.29 is 15.1 Å². The van der Waals surface area contributed by atoms with E-state index in [9.17, 15) is 20.3 Å². The summed E-state index contributed by atoms with van der Waals surface area (Å²) < 4.78 is 0. The molecule has 0 amide bonds. The second-order valence-corrected chi connectivity index (χ2v) is 4.61. The molecule has 0 radical (unpaired) electrons. The third-order valence-corrected chi connectivity index (χ3v) is 3.36. The van der Waals surface area contributed by atoms with Crippen molar-refractivity contribution in [1.29, 1.82) is 0 Å². The third kappa shape index (κ3) is 4.18. The molecule has 1 aromatic rings. The second kappa shape index (κ2) is 6.49. The number of rotatable bonds is 7. The van der Waals surface area contributed by atoms with Gasteiger partial charge in [-0.25, -0.2) is 0 Å². The molecule has 0 saturated carbocycles. The Bertz CT molecular complexity index is 444. The van der Waals surface area contributed by atoms with Crippen molar-refractivity contribution >= 4 is 5.69 Å². The van der Waals surface area contributed by atoms with Gasteiger partial charge in [0.1, 0.15) is 5.75 Å². The van der Waals surface area contributed by atoms with Gasteiger partial charge in [-0.15, -0.1) is 0 Å². The molecule has 0 atom stereocenters. The number of benzene rings is 1. The van der Waals surface area contributed by atoms with Gasteiger partial charge >= 0.3 is 0 Å². The first-order valence-corrected chi connectivity index (χ1v) is 6.31. The third-order valence-electron chi connectivity index (χ3n) is 3.36. The highest BCUT2D eigenvalue weighted by Crippen LogP contribution is 2.23. The summed E-state index contributed by atoms with van der Waals surface area (Å²) in [5, 5.41) is 33.4. The van der Waals surface area contributed by atoms with E-state index in [4.69, 9.17) is 0 Å². The molecule has 3 N–H and O–H groups in total. The molecule has 0 saturated heterocycles. The predicted octanol–water partition coefficient (Wildman–Crippen LogP) is 1.94. The summed E-state index contributed by atoms with van der Waals surface area (Å²) >= 11 is 0. The van der Waals surface area contributed by atoms with Crippen molar-refractivity contribution in [1.82, 2.24) is 5.32 Å². The molecule has 0 aliphatic rings. The number of nitro benzene ring substituents is 1. The van der Waals surface area contributed by atoms with Gasteiger partial charge < -0.3 is 15.5 Å². The van der Waals surface area contributed by atoms with Crippen molar-refractivity contribution in [2.24, 2.45) is 0 Å². The van der Waals surface area contributed by atoms with Gasteiger partial charge in [-0.3, -0.25) is 10.1 Å². The number of hydrogen-bond acceptors (Lipinski definition) is 5. The lowest BCUT2D eigenvalue weighted by Crippen LogP contribution is -2.39. The molecule has 6 nitrogen and oxygen atoms in total. The Labute approximate surface area is 112 Å². The van der Waals surface area contributed by atoms with E-state index in [2.05, 4.69) is 5.32 Å². The lowest BCUT2D eigenvalue weighted by molar-refractivity contribution is -0.384. The quantitative estimate of drug-likeness (QED) is 0.519. The number of aromatic hydroxyl groups is 1. The first-order valence-electron chi connectivity index (χ1n) is 6.31. The molecule has 0 fully saturated rings. The van der Waals surface area contributed by atoms with Gasteiger partial charge in [-0.2, -0.15) is 0 Å². The minimum absolute atomic E-state index is 0.00892. The highest BCUT2D eigenvalue weighted by Gasteiger charge is 2.21. The van der Waals surface area contributed by atoms with Crippen molar-refractivity contribution in [3.63, 3.8) is 0 Å². The lowest BCUT2D eigenvalue weighted by atomic mass is 9.97. The molecule has 0 bridgehead atoms. The number of phenolic OH excluding ortho intramolecular Hbond substituents is 1. The number of non-ortho nitro benzene ring substituents is 1. The topological polar surface area (TPSA) is 95.6 Å². The van der Waals surface area contributed by atoms with Gasteiger partial charge in [0, 0.05) is 30.8 Å². The summed E-state index contributed by atoms with van der Waals surface area (Å²) in [5.41, 5.74) is -0.393. The average molecular weight is 268 g/mol. The Morgan fingerprint density at radius 3 is 2.53 bits per heavy atom. The molecule has 0 heterocycles. The summed E-state index contributed by atoms with van der Waals surface area (Å²) in [6.45, 7) is 4.45. The number of nitro groups is 1. The van der Waals surface area contributed by atoms with E-state index < -0.39 is 10.5 Å². The first kappa shape index (κ1) is 15.4. The summed E-state index contributed by atoms with van der Waals surface area (Å²) in [4.78, 5) is 10.2. The smallest absolute Gasteiger partial charge is 0.270 e. The highest BCUT2D eigenvalue weighted by atomic mass is 16.6. The Hall–Kier alpha value is -1.66. The maximum Gasteiger partial charge on any atom is 0.270 e. The highest BCUT2D eigenvalue weighted by molar-refractivity contribution is 5.42. The zero-order valence-corrected chi connectivity index (χ0v) is 11.2. The second-order valence-electron chi connectivity index (χ2n) is 4.61. The van der Waals surface area contributed by atoms with E-state index >= 15 is 0 Å². The number of hydrogen-bond donors (Lipinski definition) is 3. The molecule has 106 valence electrons.